The molecule has 0 bridgehead atoms. The quantitative estimate of drug-likeness (QED) is 0.230. The molecule has 39 heavy (non-hydrogen) atoms. The first kappa shape index (κ1) is 26.6. The van der Waals surface area contributed by atoms with Crippen LogP contribution in [-0.4, -0.2) is 20.8 Å². The van der Waals surface area contributed by atoms with Crippen LogP contribution in [0.2, 0.25) is 0 Å². The average Bonchev–Trinajstić information content (AvgIpc) is 2.99. The molecule has 0 saturated carbocycles. The second-order valence-corrected chi connectivity index (χ2v) is 9.98. The number of rotatable bonds is 11. The van der Waals surface area contributed by atoms with Crippen molar-refractivity contribution in [3.63, 3.8) is 0 Å². The maximum atomic E-state index is 6.19. The minimum Gasteiger partial charge on any atom is -0.493 e. The Morgan fingerprint density at radius 3 is 1.92 bits per heavy atom. The molecule has 1 aliphatic heterocycles. The molecule has 5 heteroatoms. The van der Waals surface area contributed by atoms with Crippen LogP contribution < -0.4 is 24.3 Å². The lowest BCUT2D eigenvalue weighted by atomic mass is 9.89. The third-order valence-electron chi connectivity index (χ3n) is 7.38. The van der Waals surface area contributed by atoms with Gasteiger partial charge in [0.1, 0.15) is 13.2 Å². The topological polar surface area (TPSA) is 49.0 Å². The van der Waals surface area contributed by atoms with Crippen molar-refractivity contribution in [3.8, 4) is 23.0 Å². The van der Waals surface area contributed by atoms with E-state index in [9.17, 15) is 0 Å². The van der Waals surface area contributed by atoms with Gasteiger partial charge >= 0.3 is 0 Å². The molecule has 4 aromatic carbocycles. The van der Waals surface area contributed by atoms with Crippen LogP contribution in [0.3, 0.4) is 0 Å². The third kappa shape index (κ3) is 6.55. The Bertz CT molecular complexity index is 1370. The lowest BCUT2D eigenvalue weighted by Gasteiger charge is -2.28. The number of hydrogen-bond acceptors (Lipinski definition) is 5. The van der Waals surface area contributed by atoms with Crippen LogP contribution in [0.15, 0.2) is 84.9 Å². The molecule has 5 nitrogen and oxygen atoms in total. The van der Waals surface area contributed by atoms with E-state index in [0.29, 0.717) is 13.2 Å². The molecular weight excluding hydrogens is 486 g/mol. The lowest BCUT2D eigenvalue weighted by molar-refractivity contribution is 0.283. The van der Waals surface area contributed by atoms with E-state index in [0.717, 1.165) is 59.9 Å². The summed E-state index contributed by atoms with van der Waals surface area (Å²) in [4.78, 5) is 0. The van der Waals surface area contributed by atoms with Crippen LogP contribution in [0.25, 0.3) is 0 Å². The summed E-state index contributed by atoms with van der Waals surface area (Å²) in [5, 5.41) is 3.73. The number of fused-ring (bicyclic) bond motifs is 1. The molecule has 0 spiro atoms. The van der Waals surface area contributed by atoms with Gasteiger partial charge in [-0.15, -0.1) is 0 Å². The second kappa shape index (κ2) is 12.7. The minimum atomic E-state index is 0.237. The summed E-state index contributed by atoms with van der Waals surface area (Å²) in [7, 11) is 3.40. The molecule has 0 aliphatic carbocycles. The fourth-order valence-corrected chi connectivity index (χ4v) is 5.20. The maximum Gasteiger partial charge on any atom is 0.161 e. The van der Waals surface area contributed by atoms with Gasteiger partial charge in [0.05, 0.1) is 14.2 Å². The van der Waals surface area contributed by atoms with Crippen molar-refractivity contribution in [2.75, 3.05) is 20.8 Å². The van der Waals surface area contributed by atoms with E-state index in [1.807, 2.05) is 36.4 Å². The van der Waals surface area contributed by atoms with Crippen LogP contribution in [0.5, 0.6) is 23.0 Å². The molecule has 1 unspecified atom stereocenters. The fraction of sp³-hybridized carbons (Fsp3) is 0.294. The van der Waals surface area contributed by atoms with Gasteiger partial charge in [-0.25, -0.2) is 0 Å². The Morgan fingerprint density at radius 2 is 1.31 bits per heavy atom. The molecule has 0 fully saturated rings. The van der Waals surface area contributed by atoms with E-state index in [-0.39, 0.29) is 6.04 Å². The molecule has 1 aliphatic rings. The number of benzene rings is 4. The zero-order chi connectivity index (χ0) is 27.0. The average molecular weight is 524 g/mol. The van der Waals surface area contributed by atoms with Gasteiger partial charge < -0.3 is 24.3 Å². The van der Waals surface area contributed by atoms with Gasteiger partial charge in [0.15, 0.2) is 23.0 Å². The first-order chi connectivity index (χ1) is 19.1. The Morgan fingerprint density at radius 1 is 0.718 bits per heavy atom. The zero-order valence-corrected chi connectivity index (χ0v) is 23.0. The predicted octanol–water partition coefficient (Wildman–Crippen LogP) is 6.99. The zero-order valence-electron chi connectivity index (χ0n) is 23.0. The third-order valence-corrected chi connectivity index (χ3v) is 7.38. The Balaban J connectivity index is 1.30. The van der Waals surface area contributed by atoms with E-state index in [4.69, 9.17) is 18.9 Å². The lowest BCUT2D eigenvalue weighted by Crippen LogP contribution is -2.30. The first-order valence-electron chi connectivity index (χ1n) is 13.6. The van der Waals surface area contributed by atoms with Gasteiger partial charge in [0.25, 0.3) is 0 Å². The standard InChI is InChI=1S/C34H37NO4/c1-24-18-31(36-2)33(38-22-25-10-6-4-7-11-25)19-27(24)14-15-30-29-21-32(37-3)34(20-28(29)16-17-35-30)39-23-26-12-8-5-9-13-26/h4-13,18-21,30,35H,14-17,22-23H2,1-3H3. The predicted molar refractivity (Wildman–Crippen MR) is 155 cm³/mol. The molecule has 4 aromatic rings. The summed E-state index contributed by atoms with van der Waals surface area (Å²) in [5.74, 6) is 3.12. The van der Waals surface area contributed by atoms with Crippen molar-refractivity contribution < 1.29 is 18.9 Å². The summed E-state index contributed by atoms with van der Waals surface area (Å²) in [6.07, 6.45) is 2.85. The van der Waals surface area contributed by atoms with Gasteiger partial charge in [-0.05, 0) is 90.4 Å². The highest BCUT2D eigenvalue weighted by molar-refractivity contribution is 5.50. The molecule has 1 heterocycles. The highest BCUT2D eigenvalue weighted by atomic mass is 16.5. The van der Waals surface area contributed by atoms with Crippen LogP contribution >= 0.6 is 0 Å². The van der Waals surface area contributed by atoms with E-state index in [1.165, 1.54) is 22.3 Å². The molecule has 202 valence electrons. The van der Waals surface area contributed by atoms with Crippen molar-refractivity contribution in [2.24, 2.45) is 0 Å². The Kier molecular flexibility index (Phi) is 8.69. The number of ether oxygens (including phenoxy) is 4. The Hall–Kier alpha value is -3.96. The van der Waals surface area contributed by atoms with Crippen molar-refractivity contribution in [1.29, 1.82) is 0 Å². The maximum absolute atomic E-state index is 6.19. The highest BCUT2D eigenvalue weighted by Gasteiger charge is 2.23. The number of aryl methyl sites for hydroxylation is 2. The molecule has 0 aromatic heterocycles. The fourth-order valence-electron chi connectivity index (χ4n) is 5.20. The largest absolute Gasteiger partial charge is 0.493 e. The van der Waals surface area contributed by atoms with Crippen molar-refractivity contribution in [3.05, 3.63) is 118 Å². The van der Waals surface area contributed by atoms with Gasteiger partial charge in [-0.2, -0.15) is 0 Å². The van der Waals surface area contributed by atoms with Gasteiger partial charge in [-0.3, -0.25) is 0 Å². The minimum absolute atomic E-state index is 0.237. The van der Waals surface area contributed by atoms with Crippen molar-refractivity contribution in [2.45, 2.75) is 45.4 Å². The summed E-state index contributed by atoms with van der Waals surface area (Å²) in [5.41, 5.74) is 7.35. The van der Waals surface area contributed by atoms with E-state index >= 15 is 0 Å². The highest BCUT2D eigenvalue weighted by Crippen LogP contribution is 2.38. The molecule has 1 atom stereocenters. The number of methoxy groups -OCH3 is 2. The van der Waals surface area contributed by atoms with Crippen LogP contribution in [0.4, 0.5) is 0 Å². The summed E-state index contributed by atoms with van der Waals surface area (Å²) in [6.45, 7) is 4.10. The number of nitrogens with one attached hydrogen (secondary N) is 1. The SMILES string of the molecule is COc1cc(C)c(CCC2NCCc3cc(OCc4ccccc4)c(OC)cc32)cc1OCc1ccccc1. The molecule has 0 saturated heterocycles. The van der Waals surface area contributed by atoms with Crippen LogP contribution in [0.1, 0.15) is 45.8 Å². The molecular formula is C34H37NO4. The molecule has 5 rings (SSSR count). The Labute approximate surface area is 231 Å². The molecule has 1 N–H and O–H groups in total. The second-order valence-electron chi connectivity index (χ2n) is 9.98. The summed E-state index contributed by atoms with van der Waals surface area (Å²) in [6, 6.07) is 29.2. The van der Waals surface area contributed by atoms with Gasteiger partial charge in [0, 0.05) is 6.04 Å². The summed E-state index contributed by atoms with van der Waals surface area (Å²) < 4.78 is 23.7. The first-order valence-corrected chi connectivity index (χ1v) is 13.6. The van der Waals surface area contributed by atoms with Crippen LogP contribution in [0, 0.1) is 6.92 Å². The van der Waals surface area contributed by atoms with E-state index in [2.05, 4.69) is 60.8 Å². The van der Waals surface area contributed by atoms with E-state index in [1.54, 1.807) is 14.2 Å². The van der Waals surface area contributed by atoms with E-state index < -0.39 is 0 Å². The summed E-state index contributed by atoms with van der Waals surface area (Å²) >= 11 is 0. The smallest absolute Gasteiger partial charge is 0.161 e. The molecule has 0 radical (unpaired) electrons. The molecule has 0 amide bonds. The van der Waals surface area contributed by atoms with Crippen molar-refractivity contribution in [1.82, 2.24) is 5.32 Å². The monoisotopic (exact) mass is 523 g/mol. The van der Waals surface area contributed by atoms with Gasteiger partial charge in [0.2, 0.25) is 0 Å². The van der Waals surface area contributed by atoms with Crippen LogP contribution in [-0.2, 0) is 26.1 Å². The number of hydrogen-bond donors (Lipinski definition) is 1. The normalized spacial score (nSPS) is 14.4. The van der Waals surface area contributed by atoms with Gasteiger partial charge in [-0.1, -0.05) is 60.7 Å². The van der Waals surface area contributed by atoms with Crippen molar-refractivity contribution >= 4 is 0 Å².